The highest BCUT2D eigenvalue weighted by Gasteiger charge is 2.41. The smallest absolute Gasteiger partial charge is 0.506 e. The van der Waals surface area contributed by atoms with Gasteiger partial charge >= 0.3 is 12.4 Å². The summed E-state index contributed by atoms with van der Waals surface area (Å²) in [5.41, 5.74) is 7.58. The molecule has 3 amide bonds. The van der Waals surface area contributed by atoms with E-state index in [1.165, 1.54) is 24.3 Å². The molecule has 36 heavy (non-hydrogen) atoms. The number of para-hydroxylation sites is 2. The number of hydrogen-bond donors (Lipinski definition) is 4. The Morgan fingerprint density at radius 1 is 1.03 bits per heavy atom. The Kier molecular flexibility index (Phi) is 6.17. The number of urea groups is 1. The zero-order chi connectivity index (χ0) is 26.3. The van der Waals surface area contributed by atoms with E-state index < -0.39 is 29.5 Å². The molecule has 0 unspecified atom stereocenters. The standard InChI is InChI=1S/C25H23F3N4O4/c1-24(2)13-32(21-19(33)12-11-16(20(21)24)22(29)34)18-6-4-3-5-17(18)31-23(35)30-14-7-9-15(10-8-14)36-25(26,27)28/h3-12,33H,13H2,1-2H3,(H2,29,34)(H2,30,31,35). The SMILES string of the molecule is CC1(C)CN(c2ccccc2NC(=O)Nc2ccc(OC(F)(F)F)cc2)c2c(O)ccc(C(N)=O)c21. The Morgan fingerprint density at radius 2 is 1.69 bits per heavy atom. The lowest BCUT2D eigenvalue weighted by Crippen LogP contribution is -2.27. The van der Waals surface area contributed by atoms with Crippen molar-refractivity contribution in [3.63, 3.8) is 0 Å². The molecule has 5 N–H and O–H groups in total. The van der Waals surface area contributed by atoms with Crippen LogP contribution in [0.3, 0.4) is 0 Å². The zero-order valence-corrected chi connectivity index (χ0v) is 19.3. The molecule has 188 valence electrons. The summed E-state index contributed by atoms with van der Waals surface area (Å²) < 4.78 is 40.9. The maximum Gasteiger partial charge on any atom is 0.573 e. The van der Waals surface area contributed by atoms with Crippen LogP contribution in [-0.2, 0) is 5.41 Å². The minimum atomic E-state index is -4.81. The molecule has 0 atom stereocenters. The van der Waals surface area contributed by atoms with E-state index in [1.54, 1.807) is 29.2 Å². The van der Waals surface area contributed by atoms with Crippen molar-refractivity contribution in [1.29, 1.82) is 0 Å². The maximum absolute atomic E-state index is 12.7. The Bertz CT molecular complexity index is 1320. The molecule has 0 saturated heterocycles. The molecular weight excluding hydrogens is 477 g/mol. The van der Waals surface area contributed by atoms with Crippen LogP contribution in [0.25, 0.3) is 0 Å². The van der Waals surface area contributed by atoms with Crippen molar-refractivity contribution in [3.8, 4) is 11.5 Å². The van der Waals surface area contributed by atoms with Gasteiger partial charge in [0.15, 0.2) is 0 Å². The number of nitrogens with one attached hydrogen (secondary N) is 2. The topological polar surface area (TPSA) is 117 Å². The number of aromatic hydroxyl groups is 1. The molecule has 8 nitrogen and oxygen atoms in total. The van der Waals surface area contributed by atoms with Crippen LogP contribution >= 0.6 is 0 Å². The number of phenols is 1. The number of anilines is 4. The van der Waals surface area contributed by atoms with Crippen LogP contribution in [0.15, 0.2) is 60.7 Å². The van der Waals surface area contributed by atoms with Gasteiger partial charge in [-0.2, -0.15) is 0 Å². The third-order valence-corrected chi connectivity index (χ3v) is 5.71. The van der Waals surface area contributed by atoms with Crippen molar-refractivity contribution < 1.29 is 32.6 Å². The van der Waals surface area contributed by atoms with E-state index in [-0.39, 0.29) is 11.4 Å². The van der Waals surface area contributed by atoms with E-state index in [0.717, 1.165) is 12.1 Å². The number of carbonyl (C=O) groups is 2. The second-order valence-electron chi connectivity index (χ2n) is 8.86. The number of carbonyl (C=O) groups excluding carboxylic acids is 2. The fourth-order valence-corrected chi connectivity index (χ4v) is 4.34. The fraction of sp³-hybridized carbons (Fsp3) is 0.200. The van der Waals surface area contributed by atoms with Crippen LogP contribution in [0.1, 0.15) is 29.8 Å². The van der Waals surface area contributed by atoms with Crippen LogP contribution < -0.4 is 26.0 Å². The van der Waals surface area contributed by atoms with Crippen molar-refractivity contribution in [3.05, 3.63) is 71.8 Å². The largest absolute Gasteiger partial charge is 0.573 e. The van der Waals surface area contributed by atoms with E-state index in [4.69, 9.17) is 5.73 Å². The lowest BCUT2D eigenvalue weighted by atomic mass is 9.83. The van der Waals surface area contributed by atoms with Crippen LogP contribution in [0, 0.1) is 0 Å². The molecule has 1 heterocycles. The number of nitrogens with zero attached hydrogens (tertiary/aromatic N) is 1. The first-order chi connectivity index (χ1) is 16.9. The summed E-state index contributed by atoms with van der Waals surface area (Å²) >= 11 is 0. The van der Waals surface area contributed by atoms with Gasteiger partial charge in [0.2, 0.25) is 5.91 Å². The third-order valence-electron chi connectivity index (χ3n) is 5.71. The number of ether oxygens (including phenoxy) is 1. The first-order valence-corrected chi connectivity index (χ1v) is 10.8. The molecule has 0 radical (unpaired) electrons. The summed E-state index contributed by atoms with van der Waals surface area (Å²) in [5.74, 6) is -1.07. The number of rotatable bonds is 5. The molecule has 0 aromatic heterocycles. The molecule has 0 aliphatic carbocycles. The normalized spacial score (nSPS) is 14.2. The number of amides is 3. The summed E-state index contributed by atoms with van der Waals surface area (Å²) in [7, 11) is 0. The number of halogens is 3. The van der Waals surface area contributed by atoms with Crippen LogP contribution in [0.2, 0.25) is 0 Å². The van der Waals surface area contributed by atoms with Gasteiger partial charge in [0.1, 0.15) is 11.5 Å². The quantitative estimate of drug-likeness (QED) is 0.371. The molecule has 0 fully saturated rings. The highest BCUT2D eigenvalue weighted by Crippen LogP contribution is 2.51. The summed E-state index contributed by atoms with van der Waals surface area (Å²) in [6.45, 7) is 4.24. The van der Waals surface area contributed by atoms with Gasteiger partial charge in [-0.25, -0.2) is 4.79 Å². The third kappa shape index (κ3) is 4.99. The highest BCUT2D eigenvalue weighted by molar-refractivity contribution is 6.03. The van der Waals surface area contributed by atoms with Crippen LogP contribution in [0.5, 0.6) is 11.5 Å². The molecule has 0 saturated carbocycles. The predicted octanol–water partition coefficient (Wildman–Crippen LogP) is 5.46. The van der Waals surface area contributed by atoms with Gasteiger partial charge < -0.3 is 31.1 Å². The van der Waals surface area contributed by atoms with Gasteiger partial charge in [0.05, 0.1) is 17.1 Å². The Balaban J connectivity index is 1.59. The van der Waals surface area contributed by atoms with E-state index in [1.807, 2.05) is 13.8 Å². The second-order valence-corrected chi connectivity index (χ2v) is 8.86. The number of fused-ring (bicyclic) bond motifs is 1. The number of primary amides is 1. The molecule has 1 aliphatic rings. The van der Waals surface area contributed by atoms with Gasteiger partial charge in [0.25, 0.3) is 0 Å². The van der Waals surface area contributed by atoms with Crippen molar-refractivity contribution in [2.75, 3.05) is 22.1 Å². The Hall–Kier alpha value is -4.41. The zero-order valence-electron chi connectivity index (χ0n) is 19.3. The first kappa shape index (κ1) is 24.7. The maximum atomic E-state index is 12.7. The van der Waals surface area contributed by atoms with Gasteiger partial charge in [-0.05, 0) is 54.1 Å². The Labute approximate surface area is 204 Å². The molecule has 0 bridgehead atoms. The predicted molar refractivity (Wildman–Crippen MR) is 129 cm³/mol. The number of benzene rings is 3. The van der Waals surface area contributed by atoms with Gasteiger partial charge in [-0.1, -0.05) is 26.0 Å². The van der Waals surface area contributed by atoms with Crippen molar-refractivity contribution in [2.45, 2.75) is 25.6 Å². The lowest BCUT2D eigenvalue weighted by molar-refractivity contribution is -0.274. The van der Waals surface area contributed by atoms with Crippen LogP contribution in [0.4, 0.5) is 40.7 Å². The first-order valence-electron chi connectivity index (χ1n) is 10.8. The van der Waals surface area contributed by atoms with E-state index in [9.17, 15) is 27.9 Å². The molecule has 3 aromatic rings. The van der Waals surface area contributed by atoms with Crippen molar-refractivity contribution in [2.24, 2.45) is 5.73 Å². The minimum Gasteiger partial charge on any atom is -0.506 e. The minimum absolute atomic E-state index is 0.0407. The highest BCUT2D eigenvalue weighted by atomic mass is 19.4. The number of hydrogen-bond acceptors (Lipinski definition) is 5. The molecular formula is C25H23F3N4O4. The number of nitrogens with two attached hydrogens (primary N) is 1. The monoisotopic (exact) mass is 500 g/mol. The summed E-state index contributed by atoms with van der Waals surface area (Å²) in [5, 5.41) is 16.0. The van der Waals surface area contributed by atoms with Gasteiger partial charge in [-0.3, -0.25) is 4.79 Å². The average Bonchev–Trinajstić information content (AvgIpc) is 3.06. The van der Waals surface area contributed by atoms with Crippen molar-refractivity contribution in [1.82, 2.24) is 0 Å². The van der Waals surface area contributed by atoms with E-state index in [0.29, 0.717) is 34.7 Å². The molecule has 4 rings (SSSR count). The van der Waals surface area contributed by atoms with E-state index in [2.05, 4.69) is 15.4 Å². The average molecular weight is 500 g/mol. The second kappa shape index (κ2) is 8.99. The number of phenolic OH excluding ortho intramolecular Hbond substituents is 1. The Morgan fingerprint density at radius 3 is 2.33 bits per heavy atom. The number of alkyl halides is 3. The summed E-state index contributed by atoms with van der Waals surface area (Å²) in [4.78, 5) is 26.6. The lowest BCUT2D eigenvalue weighted by Gasteiger charge is -2.25. The summed E-state index contributed by atoms with van der Waals surface area (Å²) in [6.07, 6.45) is -4.81. The molecule has 3 aromatic carbocycles. The molecule has 1 aliphatic heterocycles. The summed E-state index contributed by atoms with van der Waals surface area (Å²) in [6, 6.07) is 13.9. The van der Waals surface area contributed by atoms with Gasteiger partial charge in [-0.15, -0.1) is 13.2 Å². The van der Waals surface area contributed by atoms with E-state index >= 15 is 0 Å². The molecule has 11 heteroatoms. The fourth-order valence-electron chi connectivity index (χ4n) is 4.34. The van der Waals surface area contributed by atoms with Crippen LogP contribution in [-0.4, -0.2) is 30.0 Å². The molecule has 0 spiro atoms. The van der Waals surface area contributed by atoms with Crippen molar-refractivity contribution >= 4 is 34.7 Å². The van der Waals surface area contributed by atoms with Gasteiger partial charge in [0, 0.05) is 23.2 Å².